The van der Waals surface area contributed by atoms with Crippen LogP contribution in [0.15, 0.2) is 47.4 Å². The van der Waals surface area contributed by atoms with Crippen LogP contribution in [-0.2, 0) is 17.6 Å². The van der Waals surface area contributed by atoms with Crippen molar-refractivity contribution < 1.29 is 9.53 Å². The fourth-order valence-corrected chi connectivity index (χ4v) is 3.67. The molecule has 120 valence electrons. The van der Waals surface area contributed by atoms with Crippen LogP contribution in [0.4, 0.5) is 5.69 Å². The Bertz CT molecular complexity index is 697. The molecule has 0 aromatic heterocycles. The van der Waals surface area contributed by atoms with E-state index in [-0.39, 0.29) is 11.2 Å². The lowest BCUT2D eigenvalue weighted by molar-refractivity contribution is -0.115. The van der Waals surface area contributed by atoms with E-state index in [0.717, 1.165) is 29.2 Å². The average Bonchev–Trinajstić information content (AvgIpc) is 3.03. The minimum absolute atomic E-state index is 0.0313. The van der Waals surface area contributed by atoms with Crippen molar-refractivity contribution in [3.63, 3.8) is 0 Å². The SMILES string of the molecule is COc1ccc(S[C@@H](C)C(=O)Nc2ccc3c(c2)CCC3)cc1. The molecule has 0 fully saturated rings. The molecule has 3 nitrogen and oxygen atoms in total. The van der Waals surface area contributed by atoms with Gasteiger partial charge in [0.25, 0.3) is 0 Å². The minimum atomic E-state index is -0.156. The molecule has 0 saturated carbocycles. The summed E-state index contributed by atoms with van der Waals surface area (Å²) in [6.45, 7) is 1.93. The number of carbonyl (C=O) groups is 1. The molecular weight excluding hydrogens is 306 g/mol. The van der Waals surface area contributed by atoms with Gasteiger partial charge in [-0.25, -0.2) is 0 Å². The van der Waals surface area contributed by atoms with Crippen LogP contribution in [0.2, 0.25) is 0 Å². The molecule has 2 aromatic carbocycles. The lowest BCUT2D eigenvalue weighted by atomic mass is 10.1. The molecule has 0 aliphatic heterocycles. The molecule has 1 aliphatic carbocycles. The molecule has 0 saturated heterocycles. The number of carbonyl (C=O) groups excluding carboxylic acids is 1. The van der Waals surface area contributed by atoms with E-state index in [9.17, 15) is 4.79 Å². The van der Waals surface area contributed by atoms with E-state index in [1.54, 1.807) is 18.9 Å². The molecule has 0 unspecified atom stereocenters. The number of rotatable bonds is 5. The molecule has 0 heterocycles. The van der Waals surface area contributed by atoms with Crippen LogP contribution in [0.5, 0.6) is 5.75 Å². The van der Waals surface area contributed by atoms with Crippen molar-refractivity contribution in [1.29, 1.82) is 0 Å². The number of amides is 1. The number of thioether (sulfide) groups is 1. The predicted octanol–water partition coefficient (Wildman–Crippen LogP) is 4.30. The van der Waals surface area contributed by atoms with E-state index in [1.165, 1.54) is 17.5 Å². The summed E-state index contributed by atoms with van der Waals surface area (Å²) in [4.78, 5) is 13.4. The van der Waals surface area contributed by atoms with Gasteiger partial charge in [-0.2, -0.15) is 0 Å². The third-order valence-corrected chi connectivity index (χ3v) is 5.22. The Morgan fingerprint density at radius 1 is 1.13 bits per heavy atom. The average molecular weight is 327 g/mol. The topological polar surface area (TPSA) is 38.3 Å². The van der Waals surface area contributed by atoms with Gasteiger partial charge in [-0.3, -0.25) is 4.79 Å². The molecule has 1 N–H and O–H groups in total. The van der Waals surface area contributed by atoms with Gasteiger partial charge >= 0.3 is 0 Å². The van der Waals surface area contributed by atoms with E-state index >= 15 is 0 Å². The van der Waals surface area contributed by atoms with Crippen LogP contribution >= 0.6 is 11.8 Å². The third-order valence-electron chi connectivity index (χ3n) is 4.11. The molecule has 0 spiro atoms. The van der Waals surface area contributed by atoms with Crippen molar-refractivity contribution >= 4 is 23.4 Å². The maximum absolute atomic E-state index is 12.4. The van der Waals surface area contributed by atoms with Crippen LogP contribution < -0.4 is 10.1 Å². The number of anilines is 1. The number of aryl methyl sites for hydroxylation is 2. The fraction of sp³-hybridized carbons (Fsp3) is 0.316. The summed E-state index contributed by atoms with van der Waals surface area (Å²) in [5.74, 6) is 0.855. The Balaban J connectivity index is 1.60. The van der Waals surface area contributed by atoms with Crippen LogP contribution in [-0.4, -0.2) is 18.3 Å². The second-order valence-corrected chi connectivity index (χ2v) is 7.18. The summed E-state index contributed by atoms with van der Waals surface area (Å²) in [6, 6.07) is 14.0. The third kappa shape index (κ3) is 3.88. The van der Waals surface area contributed by atoms with Crippen molar-refractivity contribution in [2.24, 2.45) is 0 Å². The smallest absolute Gasteiger partial charge is 0.237 e. The van der Waals surface area contributed by atoms with Gasteiger partial charge in [0.2, 0.25) is 5.91 Å². The van der Waals surface area contributed by atoms with Crippen molar-refractivity contribution in [1.82, 2.24) is 0 Å². The standard InChI is InChI=1S/C19H21NO2S/c1-13(23-18-10-8-17(22-2)9-11-18)19(21)20-16-7-6-14-4-3-5-15(14)12-16/h6-13H,3-5H2,1-2H3,(H,20,21)/t13-/m0/s1. The van der Waals surface area contributed by atoms with Crippen molar-refractivity contribution in [2.45, 2.75) is 36.3 Å². The number of ether oxygens (including phenoxy) is 1. The quantitative estimate of drug-likeness (QED) is 0.832. The zero-order valence-corrected chi connectivity index (χ0v) is 14.3. The minimum Gasteiger partial charge on any atom is -0.497 e. The molecular formula is C19H21NO2S. The van der Waals surface area contributed by atoms with E-state index in [1.807, 2.05) is 37.3 Å². The Morgan fingerprint density at radius 2 is 1.87 bits per heavy atom. The summed E-state index contributed by atoms with van der Waals surface area (Å²) in [6.07, 6.45) is 3.50. The summed E-state index contributed by atoms with van der Waals surface area (Å²) in [5, 5.41) is 2.87. The fourth-order valence-electron chi connectivity index (χ4n) is 2.81. The van der Waals surface area contributed by atoms with Crippen molar-refractivity contribution in [2.75, 3.05) is 12.4 Å². The van der Waals surface area contributed by atoms with Crippen molar-refractivity contribution in [3.8, 4) is 5.75 Å². The van der Waals surface area contributed by atoms with Crippen LogP contribution in [0, 0.1) is 0 Å². The lowest BCUT2D eigenvalue weighted by Gasteiger charge is -2.13. The first kappa shape index (κ1) is 15.9. The molecule has 0 radical (unpaired) electrons. The lowest BCUT2D eigenvalue weighted by Crippen LogP contribution is -2.22. The molecule has 2 aromatic rings. The highest BCUT2D eigenvalue weighted by molar-refractivity contribution is 8.00. The van der Waals surface area contributed by atoms with Gasteiger partial charge in [0, 0.05) is 10.6 Å². The molecule has 4 heteroatoms. The zero-order chi connectivity index (χ0) is 16.2. The number of hydrogen-bond acceptors (Lipinski definition) is 3. The Hall–Kier alpha value is -1.94. The maximum atomic E-state index is 12.4. The number of nitrogens with one attached hydrogen (secondary N) is 1. The number of methoxy groups -OCH3 is 1. The first-order valence-corrected chi connectivity index (χ1v) is 8.77. The Labute approximate surface area is 141 Å². The van der Waals surface area contributed by atoms with Gasteiger partial charge in [0.15, 0.2) is 0 Å². The number of fused-ring (bicyclic) bond motifs is 1. The highest BCUT2D eigenvalue weighted by Crippen LogP contribution is 2.28. The highest BCUT2D eigenvalue weighted by Gasteiger charge is 2.16. The molecule has 0 bridgehead atoms. The predicted molar refractivity (Wildman–Crippen MR) is 95.4 cm³/mol. The Kier molecular flexibility index (Phi) is 4.91. The molecule has 1 aliphatic rings. The molecule has 1 amide bonds. The van der Waals surface area contributed by atoms with Gasteiger partial charge in [0.1, 0.15) is 5.75 Å². The molecule has 23 heavy (non-hydrogen) atoms. The highest BCUT2D eigenvalue weighted by atomic mass is 32.2. The van der Waals surface area contributed by atoms with Gasteiger partial charge in [-0.1, -0.05) is 6.07 Å². The number of benzene rings is 2. The summed E-state index contributed by atoms with van der Waals surface area (Å²) in [7, 11) is 1.65. The van der Waals surface area contributed by atoms with E-state index in [4.69, 9.17) is 4.74 Å². The monoisotopic (exact) mass is 327 g/mol. The molecule has 3 rings (SSSR count). The second kappa shape index (κ2) is 7.09. The summed E-state index contributed by atoms with van der Waals surface area (Å²) < 4.78 is 5.15. The van der Waals surface area contributed by atoms with Gasteiger partial charge in [0.05, 0.1) is 12.4 Å². The maximum Gasteiger partial charge on any atom is 0.237 e. The van der Waals surface area contributed by atoms with Crippen LogP contribution in [0.1, 0.15) is 24.5 Å². The first-order chi connectivity index (χ1) is 11.2. The van der Waals surface area contributed by atoms with E-state index < -0.39 is 0 Å². The van der Waals surface area contributed by atoms with Crippen molar-refractivity contribution in [3.05, 3.63) is 53.6 Å². The zero-order valence-electron chi connectivity index (χ0n) is 13.5. The summed E-state index contributed by atoms with van der Waals surface area (Å²) >= 11 is 1.55. The largest absolute Gasteiger partial charge is 0.497 e. The van der Waals surface area contributed by atoms with Gasteiger partial charge in [-0.15, -0.1) is 11.8 Å². The normalized spacial score (nSPS) is 14.2. The first-order valence-electron chi connectivity index (χ1n) is 7.89. The van der Waals surface area contributed by atoms with E-state index in [0.29, 0.717) is 0 Å². The Morgan fingerprint density at radius 3 is 2.61 bits per heavy atom. The van der Waals surface area contributed by atoms with Gasteiger partial charge in [-0.05, 0) is 73.7 Å². The summed E-state index contributed by atoms with van der Waals surface area (Å²) in [5.41, 5.74) is 3.69. The van der Waals surface area contributed by atoms with Crippen LogP contribution in [0.25, 0.3) is 0 Å². The van der Waals surface area contributed by atoms with E-state index in [2.05, 4.69) is 17.4 Å². The molecule has 1 atom stereocenters. The van der Waals surface area contributed by atoms with Crippen LogP contribution in [0.3, 0.4) is 0 Å². The van der Waals surface area contributed by atoms with Gasteiger partial charge < -0.3 is 10.1 Å². The second-order valence-electron chi connectivity index (χ2n) is 5.76. The number of hydrogen-bond donors (Lipinski definition) is 1.